The molecule has 1 aromatic carbocycles. The molecule has 1 aliphatic heterocycles. The van der Waals surface area contributed by atoms with Gasteiger partial charge in [0.1, 0.15) is 5.69 Å². The van der Waals surface area contributed by atoms with Gasteiger partial charge in [-0.05, 0) is 18.8 Å². The number of methoxy groups -OCH3 is 1. The lowest BCUT2D eigenvalue weighted by Gasteiger charge is -2.26. The molecule has 1 saturated carbocycles. The van der Waals surface area contributed by atoms with Crippen molar-refractivity contribution in [2.24, 2.45) is 11.3 Å². The largest absolute Gasteiger partial charge is 0.469 e. The lowest BCUT2D eigenvalue weighted by Crippen LogP contribution is -2.37. The van der Waals surface area contributed by atoms with Crippen molar-refractivity contribution in [3.05, 3.63) is 33.9 Å². The van der Waals surface area contributed by atoms with Gasteiger partial charge < -0.3 is 9.64 Å². The minimum absolute atomic E-state index is 0.0241. The van der Waals surface area contributed by atoms with Gasteiger partial charge in [0.2, 0.25) is 0 Å². The second kappa shape index (κ2) is 5.43. The first-order valence-electron chi connectivity index (χ1n) is 7.36. The molecule has 0 radical (unpaired) electrons. The number of carbonyl (C=O) groups is 1. The van der Waals surface area contributed by atoms with Crippen LogP contribution in [0.15, 0.2) is 12.1 Å². The van der Waals surface area contributed by atoms with Crippen LogP contribution in [-0.2, 0) is 9.53 Å². The highest BCUT2D eigenvalue weighted by Gasteiger charge is 2.56. The fourth-order valence-corrected chi connectivity index (χ4v) is 3.96. The minimum atomic E-state index is -0.989. The Labute approximate surface area is 131 Å². The molecule has 1 heterocycles. The second-order valence-electron chi connectivity index (χ2n) is 6.13. The third kappa shape index (κ3) is 2.32. The van der Waals surface area contributed by atoms with Gasteiger partial charge >= 0.3 is 5.97 Å². The van der Waals surface area contributed by atoms with E-state index < -0.39 is 27.7 Å². The first-order valence-corrected chi connectivity index (χ1v) is 7.36. The Bertz CT molecular complexity index is 658. The summed E-state index contributed by atoms with van der Waals surface area (Å²) in [6.45, 7) is 0.497. The average molecular weight is 326 g/mol. The molecule has 0 aromatic heterocycles. The summed E-state index contributed by atoms with van der Waals surface area (Å²) in [6.07, 6.45) is 2.29. The van der Waals surface area contributed by atoms with Gasteiger partial charge in [-0.15, -0.1) is 0 Å². The number of rotatable bonds is 3. The van der Waals surface area contributed by atoms with E-state index in [9.17, 15) is 23.7 Å². The molecule has 124 valence electrons. The highest BCUT2D eigenvalue weighted by atomic mass is 19.1. The van der Waals surface area contributed by atoms with E-state index in [2.05, 4.69) is 0 Å². The molecule has 2 atom stereocenters. The van der Waals surface area contributed by atoms with Gasteiger partial charge in [-0.3, -0.25) is 14.9 Å². The summed E-state index contributed by atoms with van der Waals surface area (Å²) in [5.41, 5.74) is -1.69. The molecule has 0 spiro atoms. The molecule has 1 saturated heterocycles. The number of ether oxygens (including phenoxy) is 1. The number of nitro groups is 1. The molecule has 6 nitrogen and oxygen atoms in total. The Balaban J connectivity index is 1.96. The number of anilines is 1. The predicted octanol–water partition coefficient (Wildman–Crippen LogP) is 2.65. The fourth-order valence-electron chi connectivity index (χ4n) is 3.96. The molecule has 8 heteroatoms. The molecule has 2 fully saturated rings. The van der Waals surface area contributed by atoms with Crippen LogP contribution in [0.3, 0.4) is 0 Å². The standard InChI is InChI=1S/C15H16F2N2O4/c1-23-14(20)15-4-2-3-9(15)7-18(8-15)13-11(16)5-10(19(21)22)6-12(13)17/h5-6,9H,2-4,7-8H2,1H3. The predicted molar refractivity (Wildman–Crippen MR) is 77.0 cm³/mol. The van der Waals surface area contributed by atoms with Crippen molar-refractivity contribution >= 4 is 17.3 Å². The van der Waals surface area contributed by atoms with Crippen molar-refractivity contribution in [1.82, 2.24) is 0 Å². The summed E-state index contributed by atoms with van der Waals surface area (Å²) < 4.78 is 33.3. The van der Waals surface area contributed by atoms with E-state index >= 15 is 0 Å². The maximum atomic E-state index is 14.2. The second-order valence-corrected chi connectivity index (χ2v) is 6.13. The molecule has 1 aromatic rings. The number of benzene rings is 1. The SMILES string of the molecule is COC(=O)C12CCCC1CN(c1c(F)cc([N+](=O)[O-])cc1F)C2. The summed E-state index contributed by atoms with van der Waals surface area (Å²) in [5.74, 6) is -2.36. The minimum Gasteiger partial charge on any atom is -0.469 e. The number of esters is 1. The van der Waals surface area contributed by atoms with Crippen LogP contribution in [-0.4, -0.2) is 31.1 Å². The van der Waals surface area contributed by atoms with E-state index in [0.29, 0.717) is 25.1 Å². The third-order valence-electron chi connectivity index (χ3n) is 4.99. The Morgan fingerprint density at radius 3 is 2.65 bits per heavy atom. The van der Waals surface area contributed by atoms with Crippen molar-refractivity contribution < 1.29 is 23.2 Å². The number of carbonyl (C=O) groups excluding carboxylic acids is 1. The fraction of sp³-hybridized carbons (Fsp3) is 0.533. The number of non-ortho nitro benzene ring substituents is 1. The zero-order chi connectivity index (χ0) is 16.8. The van der Waals surface area contributed by atoms with Gasteiger partial charge in [0.05, 0.1) is 29.6 Å². The van der Waals surface area contributed by atoms with Crippen molar-refractivity contribution in [2.45, 2.75) is 19.3 Å². The maximum absolute atomic E-state index is 14.2. The number of hydrogen-bond acceptors (Lipinski definition) is 5. The maximum Gasteiger partial charge on any atom is 0.313 e. The lowest BCUT2D eigenvalue weighted by molar-refractivity contribution is -0.385. The van der Waals surface area contributed by atoms with E-state index in [0.717, 1.165) is 12.8 Å². The van der Waals surface area contributed by atoms with Gasteiger partial charge in [-0.25, -0.2) is 8.78 Å². The summed E-state index contributed by atoms with van der Waals surface area (Å²) >= 11 is 0. The molecule has 3 rings (SSSR count). The van der Waals surface area contributed by atoms with Crippen molar-refractivity contribution in [3.8, 4) is 0 Å². The van der Waals surface area contributed by atoms with Crippen molar-refractivity contribution in [3.63, 3.8) is 0 Å². The smallest absolute Gasteiger partial charge is 0.313 e. The van der Waals surface area contributed by atoms with Crippen LogP contribution >= 0.6 is 0 Å². The molecule has 23 heavy (non-hydrogen) atoms. The summed E-state index contributed by atoms with van der Waals surface area (Å²) in [6, 6.07) is 1.41. The first kappa shape index (κ1) is 15.6. The monoisotopic (exact) mass is 326 g/mol. The van der Waals surface area contributed by atoms with Crippen LogP contribution in [0.5, 0.6) is 0 Å². The van der Waals surface area contributed by atoms with Gasteiger partial charge in [-0.2, -0.15) is 0 Å². The molecule has 0 amide bonds. The third-order valence-corrected chi connectivity index (χ3v) is 4.99. The molecule has 2 unspecified atom stereocenters. The van der Waals surface area contributed by atoms with Crippen molar-refractivity contribution in [2.75, 3.05) is 25.1 Å². The van der Waals surface area contributed by atoms with Crippen LogP contribution in [0.4, 0.5) is 20.2 Å². The quantitative estimate of drug-likeness (QED) is 0.485. The highest BCUT2D eigenvalue weighted by Crippen LogP contribution is 2.51. The molecular weight excluding hydrogens is 310 g/mol. The molecule has 2 aliphatic rings. The van der Waals surface area contributed by atoms with E-state index in [1.54, 1.807) is 0 Å². The zero-order valence-corrected chi connectivity index (χ0v) is 12.6. The van der Waals surface area contributed by atoms with Crippen LogP contribution < -0.4 is 4.90 Å². The average Bonchev–Trinajstić information content (AvgIpc) is 3.03. The van der Waals surface area contributed by atoms with Gasteiger partial charge in [-0.1, -0.05) is 6.42 Å². The summed E-state index contributed by atoms with van der Waals surface area (Å²) in [4.78, 5) is 23.5. The van der Waals surface area contributed by atoms with Crippen LogP contribution in [0.25, 0.3) is 0 Å². The number of fused-ring (bicyclic) bond motifs is 1. The first-order chi connectivity index (χ1) is 10.9. The highest BCUT2D eigenvalue weighted by molar-refractivity contribution is 5.80. The topological polar surface area (TPSA) is 72.7 Å². The number of hydrogen-bond donors (Lipinski definition) is 0. The van der Waals surface area contributed by atoms with Gasteiger partial charge in [0.15, 0.2) is 11.6 Å². The van der Waals surface area contributed by atoms with Gasteiger partial charge in [0.25, 0.3) is 5.69 Å². The van der Waals surface area contributed by atoms with E-state index in [4.69, 9.17) is 4.74 Å². The molecule has 0 N–H and O–H groups in total. The van der Waals surface area contributed by atoms with Crippen LogP contribution in [0.1, 0.15) is 19.3 Å². The molecule has 0 bridgehead atoms. The van der Waals surface area contributed by atoms with Gasteiger partial charge in [0, 0.05) is 13.1 Å². The van der Waals surface area contributed by atoms with E-state index in [1.165, 1.54) is 12.0 Å². The zero-order valence-electron chi connectivity index (χ0n) is 12.6. The Kier molecular flexibility index (Phi) is 3.69. The summed E-state index contributed by atoms with van der Waals surface area (Å²) in [7, 11) is 1.31. The van der Waals surface area contributed by atoms with E-state index in [1.807, 2.05) is 0 Å². The number of nitrogens with zero attached hydrogens (tertiary/aromatic N) is 2. The van der Waals surface area contributed by atoms with Crippen LogP contribution in [0.2, 0.25) is 0 Å². The van der Waals surface area contributed by atoms with E-state index in [-0.39, 0.29) is 24.1 Å². The van der Waals surface area contributed by atoms with Crippen LogP contribution in [0, 0.1) is 33.1 Å². The lowest BCUT2D eigenvalue weighted by atomic mass is 9.81. The summed E-state index contributed by atoms with van der Waals surface area (Å²) in [5, 5.41) is 10.7. The Hall–Kier alpha value is -2.25. The number of halogens is 2. The normalized spacial score (nSPS) is 26.2. The number of nitro benzene ring substituents is 1. The van der Waals surface area contributed by atoms with Crippen molar-refractivity contribution in [1.29, 1.82) is 0 Å². The Morgan fingerprint density at radius 1 is 1.43 bits per heavy atom. The Morgan fingerprint density at radius 2 is 2.09 bits per heavy atom. The molecule has 1 aliphatic carbocycles. The molecular formula is C15H16F2N2O4.